The predicted octanol–water partition coefficient (Wildman–Crippen LogP) is 1.91. The van der Waals surface area contributed by atoms with Gasteiger partial charge in [-0.3, -0.25) is 4.79 Å². The molecule has 1 amide bonds. The van der Waals surface area contributed by atoms with Crippen molar-refractivity contribution < 1.29 is 4.79 Å². The molecule has 1 aromatic rings. The summed E-state index contributed by atoms with van der Waals surface area (Å²) in [6.45, 7) is 1.77. The Balaban J connectivity index is 2.89. The normalized spacial score (nSPS) is 8.92. The number of rotatable bonds is 2. The topological polar surface area (TPSA) is 52.9 Å². The number of nitrogens with zero attached hydrogens (tertiary/aromatic N) is 1. The molecule has 1 N–H and O–H groups in total. The molecule has 1 rings (SSSR count). The van der Waals surface area contributed by atoms with Crippen LogP contribution in [0.1, 0.15) is 18.9 Å². The fraction of sp³-hybridized carbons (Fsp3) is 0.200. The minimum absolute atomic E-state index is 0.0808. The summed E-state index contributed by atoms with van der Waals surface area (Å²) in [6, 6.07) is 8.94. The van der Waals surface area contributed by atoms with Crippen molar-refractivity contribution in [2.24, 2.45) is 0 Å². The first-order valence-electron chi connectivity index (χ1n) is 4.07. The molecule has 66 valence electrons. The Labute approximate surface area is 77.0 Å². The van der Waals surface area contributed by atoms with Gasteiger partial charge in [0.2, 0.25) is 5.91 Å². The molecule has 0 unspecified atom stereocenters. The Morgan fingerprint density at radius 1 is 1.54 bits per heavy atom. The van der Waals surface area contributed by atoms with E-state index in [0.29, 0.717) is 17.7 Å². The molecular weight excluding hydrogens is 164 g/mol. The van der Waals surface area contributed by atoms with Crippen molar-refractivity contribution >= 4 is 11.6 Å². The number of nitrogens with one attached hydrogen (secondary N) is 1. The Morgan fingerprint density at radius 2 is 2.23 bits per heavy atom. The molecule has 1 aromatic carbocycles. The van der Waals surface area contributed by atoms with Gasteiger partial charge in [-0.25, -0.2) is 0 Å². The lowest BCUT2D eigenvalue weighted by Gasteiger charge is -2.03. The largest absolute Gasteiger partial charge is 0.325 e. The summed E-state index contributed by atoms with van der Waals surface area (Å²) >= 11 is 0. The zero-order valence-electron chi connectivity index (χ0n) is 7.37. The summed E-state index contributed by atoms with van der Waals surface area (Å²) in [5, 5.41) is 11.4. The summed E-state index contributed by atoms with van der Waals surface area (Å²) in [5.74, 6) is -0.0808. The maximum Gasteiger partial charge on any atom is 0.224 e. The minimum atomic E-state index is -0.0808. The fourth-order valence-electron chi connectivity index (χ4n) is 0.928. The second kappa shape index (κ2) is 4.27. The van der Waals surface area contributed by atoms with Crippen molar-refractivity contribution in [3.05, 3.63) is 29.8 Å². The number of nitriles is 1. The molecule has 3 heteroatoms. The summed E-state index contributed by atoms with van der Waals surface area (Å²) in [7, 11) is 0. The van der Waals surface area contributed by atoms with Crippen LogP contribution in [0.15, 0.2) is 24.3 Å². The molecule has 0 saturated carbocycles. The highest BCUT2D eigenvalue weighted by molar-refractivity contribution is 5.91. The van der Waals surface area contributed by atoms with Crippen LogP contribution >= 0.6 is 0 Å². The van der Waals surface area contributed by atoms with Crippen molar-refractivity contribution in [2.75, 3.05) is 5.32 Å². The number of hydrogen-bond donors (Lipinski definition) is 1. The van der Waals surface area contributed by atoms with E-state index < -0.39 is 0 Å². The number of carbonyl (C=O) groups is 1. The molecule has 0 aliphatic heterocycles. The molecule has 0 radical (unpaired) electrons. The van der Waals surface area contributed by atoms with Gasteiger partial charge in [-0.05, 0) is 12.1 Å². The van der Waals surface area contributed by atoms with Crippen molar-refractivity contribution in [3.63, 3.8) is 0 Å². The molecule has 0 aliphatic carbocycles. The van der Waals surface area contributed by atoms with Crippen LogP contribution in [0.4, 0.5) is 5.69 Å². The molecule has 3 nitrogen and oxygen atoms in total. The van der Waals surface area contributed by atoms with Gasteiger partial charge in [0.1, 0.15) is 6.07 Å². The van der Waals surface area contributed by atoms with Gasteiger partial charge in [0.15, 0.2) is 0 Å². The van der Waals surface area contributed by atoms with Crippen molar-refractivity contribution in [1.29, 1.82) is 5.26 Å². The van der Waals surface area contributed by atoms with Crippen molar-refractivity contribution in [3.8, 4) is 6.07 Å². The van der Waals surface area contributed by atoms with Crippen LogP contribution in [0.5, 0.6) is 0 Å². The molecule has 0 spiro atoms. The third-order valence-electron chi connectivity index (χ3n) is 1.64. The standard InChI is InChI=1S/C10H10N2O/c1-2-10(13)12-9-6-4-3-5-8(9)7-11/h3-6H,2H2,1H3,(H,12,13). The van der Waals surface area contributed by atoms with Gasteiger partial charge in [-0.2, -0.15) is 5.26 Å². The molecule has 0 aromatic heterocycles. The number of carbonyl (C=O) groups excluding carboxylic acids is 1. The van der Waals surface area contributed by atoms with E-state index in [9.17, 15) is 4.79 Å². The Morgan fingerprint density at radius 3 is 2.85 bits per heavy atom. The second-order valence-electron chi connectivity index (χ2n) is 2.56. The minimum Gasteiger partial charge on any atom is -0.325 e. The van der Waals surface area contributed by atoms with Gasteiger partial charge in [0.25, 0.3) is 0 Å². The van der Waals surface area contributed by atoms with Crippen LogP contribution in [-0.4, -0.2) is 5.91 Å². The first-order chi connectivity index (χ1) is 6.27. The van der Waals surface area contributed by atoms with E-state index in [2.05, 4.69) is 5.32 Å². The number of para-hydroxylation sites is 1. The third kappa shape index (κ3) is 2.31. The lowest BCUT2D eigenvalue weighted by Crippen LogP contribution is -2.10. The van der Waals surface area contributed by atoms with Crippen LogP contribution < -0.4 is 5.32 Å². The number of benzene rings is 1. The molecule has 0 heterocycles. The van der Waals surface area contributed by atoms with E-state index in [-0.39, 0.29) is 5.91 Å². The molecule has 0 saturated heterocycles. The van der Waals surface area contributed by atoms with E-state index in [1.165, 1.54) is 0 Å². The summed E-state index contributed by atoms with van der Waals surface area (Å²) in [5.41, 5.74) is 1.07. The van der Waals surface area contributed by atoms with Crippen LogP contribution in [0, 0.1) is 11.3 Å². The van der Waals surface area contributed by atoms with E-state index in [4.69, 9.17) is 5.26 Å². The van der Waals surface area contributed by atoms with Gasteiger partial charge in [-0.15, -0.1) is 0 Å². The fourth-order valence-corrected chi connectivity index (χ4v) is 0.928. The predicted molar refractivity (Wildman–Crippen MR) is 50.1 cm³/mol. The average molecular weight is 174 g/mol. The molecule has 0 bridgehead atoms. The van der Waals surface area contributed by atoms with Crippen LogP contribution in [0.2, 0.25) is 0 Å². The van der Waals surface area contributed by atoms with E-state index in [0.717, 1.165) is 0 Å². The second-order valence-corrected chi connectivity index (χ2v) is 2.56. The number of anilines is 1. The smallest absolute Gasteiger partial charge is 0.224 e. The van der Waals surface area contributed by atoms with E-state index >= 15 is 0 Å². The Bertz CT molecular complexity index is 352. The number of amides is 1. The quantitative estimate of drug-likeness (QED) is 0.744. The van der Waals surface area contributed by atoms with Gasteiger partial charge < -0.3 is 5.32 Å². The first kappa shape index (κ1) is 9.27. The average Bonchev–Trinajstić information content (AvgIpc) is 2.18. The molecule has 0 atom stereocenters. The maximum absolute atomic E-state index is 11.0. The zero-order valence-corrected chi connectivity index (χ0v) is 7.37. The van der Waals surface area contributed by atoms with Crippen LogP contribution in [-0.2, 0) is 4.79 Å². The van der Waals surface area contributed by atoms with E-state index in [1.807, 2.05) is 6.07 Å². The van der Waals surface area contributed by atoms with Gasteiger partial charge in [0.05, 0.1) is 11.3 Å². The Hall–Kier alpha value is -1.82. The molecular formula is C10H10N2O. The first-order valence-corrected chi connectivity index (χ1v) is 4.07. The van der Waals surface area contributed by atoms with Gasteiger partial charge in [0, 0.05) is 6.42 Å². The maximum atomic E-state index is 11.0. The van der Waals surface area contributed by atoms with E-state index in [1.54, 1.807) is 31.2 Å². The van der Waals surface area contributed by atoms with Crippen molar-refractivity contribution in [1.82, 2.24) is 0 Å². The van der Waals surface area contributed by atoms with Gasteiger partial charge in [-0.1, -0.05) is 19.1 Å². The highest BCUT2D eigenvalue weighted by Crippen LogP contribution is 2.13. The molecule has 13 heavy (non-hydrogen) atoms. The van der Waals surface area contributed by atoms with Crippen molar-refractivity contribution in [2.45, 2.75) is 13.3 Å². The highest BCUT2D eigenvalue weighted by Gasteiger charge is 2.02. The van der Waals surface area contributed by atoms with Gasteiger partial charge >= 0.3 is 0 Å². The lowest BCUT2D eigenvalue weighted by molar-refractivity contribution is -0.115. The highest BCUT2D eigenvalue weighted by atomic mass is 16.1. The number of hydrogen-bond acceptors (Lipinski definition) is 2. The zero-order chi connectivity index (χ0) is 9.68. The molecule has 0 fully saturated rings. The summed E-state index contributed by atoms with van der Waals surface area (Å²) in [6.07, 6.45) is 0.416. The monoisotopic (exact) mass is 174 g/mol. The third-order valence-corrected chi connectivity index (χ3v) is 1.64. The Kier molecular flexibility index (Phi) is 3.04. The SMILES string of the molecule is CCC(=O)Nc1ccccc1C#N. The van der Waals surface area contributed by atoms with Crippen LogP contribution in [0.3, 0.4) is 0 Å². The molecule has 0 aliphatic rings. The van der Waals surface area contributed by atoms with Crippen LogP contribution in [0.25, 0.3) is 0 Å². The summed E-state index contributed by atoms with van der Waals surface area (Å²) < 4.78 is 0. The lowest BCUT2D eigenvalue weighted by atomic mass is 10.2. The summed E-state index contributed by atoms with van der Waals surface area (Å²) in [4.78, 5) is 11.0.